The predicted octanol–water partition coefficient (Wildman–Crippen LogP) is 2.46. The largest absolute Gasteiger partial charge is 0.494 e. The van der Waals surface area contributed by atoms with Crippen molar-refractivity contribution in [2.24, 2.45) is 0 Å². The molecule has 104 valence electrons. The minimum absolute atomic E-state index is 0.0418. The summed E-state index contributed by atoms with van der Waals surface area (Å²) in [6.07, 6.45) is 0. The van der Waals surface area contributed by atoms with Gasteiger partial charge in [-0.05, 0) is 18.2 Å². The number of aromatic nitrogens is 1. The van der Waals surface area contributed by atoms with Crippen molar-refractivity contribution in [2.75, 3.05) is 18.2 Å². The van der Waals surface area contributed by atoms with E-state index in [2.05, 4.69) is 10.3 Å². The molecule has 0 unspecified atom stereocenters. The summed E-state index contributed by atoms with van der Waals surface area (Å²) in [5.41, 5.74) is 5.61. The second kappa shape index (κ2) is 5.39. The van der Waals surface area contributed by atoms with E-state index < -0.39 is 10.7 Å². The molecule has 0 aliphatic heterocycles. The number of rotatable bonds is 4. The zero-order valence-electron chi connectivity index (χ0n) is 10.5. The van der Waals surface area contributed by atoms with Crippen LogP contribution in [0.25, 0.3) is 0 Å². The van der Waals surface area contributed by atoms with Gasteiger partial charge in [0.05, 0.1) is 17.7 Å². The number of nitrogens with one attached hydrogen (secondary N) is 1. The van der Waals surface area contributed by atoms with Crippen molar-refractivity contribution in [3.8, 4) is 5.75 Å². The van der Waals surface area contributed by atoms with Crippen LogP contribution in [0.4, 0.5) is 27.4 Å². The molecule has 2 aromatic rings. The molecule has 0 saturated carbocycles. The molecule has 0 aliphatic rings. The van der Waals surface area contributed by atoms with Crippen LogP contribution in [0.15, 0.2) is 30.3 Å². The lowest BCUT2D eigenvalue weighted by Crippen LogP contribution is -2.03. The number of pyridine rings is 1. The van der Waals surface area contributed by atoms with Gasteiger partial charge < -0.3 is 15.8 Å². The first kappa shape index (κ1) is 13.5. The summed E-state index contributed by atoms with van der Waals surface area (Å²) in [6.45, 7) is 0. The van der Waals surface area contributed by atoms with Crippen LogP contribution < -0.4 is 15.8 Å². The third kappa shape index (κ3) is 2.74. The molecule has 3 N–H and O–H groups in total. The highest BCUT2D eigenvalue weighted by atomic mass is 19.1. The summed E-state index contributed by atoms with van der Waals surface area (Å²) in [7, 11) is 1.36. The second-order valence-corrected chi connectivity index (χ2v) is 3.83. The lowest BCUT2D eigenvalue weighted by Gasteiger charge is -2.11. The van der Waals surface area contributed by atoms with Gasteiger partial charge >= 0.3 is 5.69 Å². The SMILES string of the molecule is COc1cc(F)ccc1Nc1nc(N)ccc1[N+](=O)[O-]. The molecule has 0 atom stereocenters. The number of hydrogen-bond acceptors (Lipinski definition) is 6. The first-order valence-corrected chi connectivity index (χ1v) is 5.52. The van der Waals surface area contributed by atoms with Crippen molar-refractivity contribution < 1.29 is 14.1 Å². The van der Waals surface area contributed by atoms with Crippen LogP contribution >= 0.6 is 0 Å². The Labute approximate surface area is 113 Å². The monoisotopic (exact) mass is 278 g/mol. The molecule has 20 heavy (non-hydrogen) atoms. The van der Waals surface area contributed by atoms with Crippen molar-refractivity contribution in [2.45, 2.75) is 0 Å². The first-order chi connectivity index (χ1) is 9.51. The van der Waals surface area contributed by atoms with Gasteiger partial charge in [-0.1, -0.05) is 0 Å². The normalized spacial score (nSPS) is 10.1. The molecule has 0 bridgehead atoms. The van der Waals surface area contributed by atoms with Gasteiger partial charge in [0, 0.05) is 12.1 Å². The first-order valence-electron chi connectivity index (χ1n) is 5.52. The van der Waals surface area contributed by atoms with E-state index in [1.54, 1.807) is 0 Å². The van der Waals surface area contributed by atoms with Crippen molar-refractivity contribution in [1.82, 2.24) is 4.98 Å². The number of nitrogens with zero attached hydrogens (tertiary/aromatic N) is 2. The van der Waals surface area contributed by atoms with Crippen LogP contribution in [0.2, 0.25) is 0 Å². The highest BCUT2D eigenvalue weighted by Gasteiger charge is 2.17. The average Bonchev–Trinajstić information content (AvgIpc) is 2.40. The lowest BCUT2D eigenvalue weighted by atomic mass is 10.2. The Hall–Kier alpha value is -2.90. The number of nitrogens with two attached hydrogens (primary N) is 1. The van der Waals surface area contributed by atoms with E-state index in [-0.39, 0.29) is 23.1 Å². The third-order valence-corrected chi connectivity index (χ3v) is 2.51. The molecular formula is C12H11FN4O3. The maximum Gasteiger partial charge on any atom is 0.311 e. The minimum atomic E-state index is -0.592. The van der Waals surface area contributed by atoms with Gasteiger partial charge in [0.15, 0.2) is 0 Å². The summed E-state index contributed by atoms with van der Waals surface area (Å²) in [6, 6.07) is 6.30. The van der Waals surface area contributed by atoms with Crippen molar-refractivity contribution in [3.63, 3.8) is 0 Å². The van der Waals surface area contributed by atoms with Crippen LogP contribution in [-0.4, -0.2) is 17.0 Å². The van der Waals surface area contributed by atoms with Crippen molar-refractivity contribution in [3.05, 3.63) is 46.3 Å². The molecule has 0 radical (unpaired) electrons. The highest BCUT2D eigenvalue weighted by molar-refractivity contribution is 5.71. The molecule has 0 fully saturated rings. The number of methoxy groups -OCH3 is 1. The van der Waals surface area contributed by atoms with Gasteiger partial charge in [0.25, 0.3) is 0 Å². The molecule has 0 aliphatic carbocycles. The molecule has 8 heteroatoms. The van der Waals surface area contributed by atoms with E-state index in [9.17, 15) is 14.5 Å². The van der Waals surface area contributed by atoms with Crippen molar-refractivity contribution >= 4 is 23.0 Å². The molecule has 0 saturated heterocycles. The summed E-state index contributed by atoms with van der Waals surface area (Å²) < 4.78 is 18.1. The molecular weight excluding hydrogens is 267 g/mol. The fourth-order valence-corrected chi connectivity index (χ4v) is 1.60. The fourth-order valence-electron chi connectivity index (χ4n) is 1.60. The Morgan fingerprint density at radius 1 is 1.40 bits per heavy atom. The molecule has 7 nitrogen and oxygen atoms in total. The Bertz CT molecular complexity index is 663. The van der Waals surface area contributed by atoms with E-state index in [1.165, 1.54) is 31.4 Å². The second-order valence-electron chi connectivity index (χ2n) is 3.83. The molecule has 2 rings (SSSR count). The summed E-state index contributed by atoms with van der Waals surface area (Å²) >= 11 is 0. The summed E-state index contributed by atoms with van der Waals surface area (Å²) in [5, 5.41) is 13.6. The number of halogens is 1. The molecule has 0 spiro atoms. The topological polar surface area (TPSA) is 103 Å². The molecule has 1 heterocycles. The highest BCUT2D eigenvalue weighted by Crippen LogP contribution is 2.31. The number of ether oxygens (including phenoxy) is 1. The Morgan fingerprint density at radius 2 is 2.15 bits per heavy atom. The Kier molecular flexibility index (Phi) is 3.65. The van der Waals surface area contributed by atoms with Gasteiger partial charge in [-0.25, -0.2) is 9.37 Å². The summed E-state index contributed by atoms with van der Waals surface area (Å²) in [5.74, 6) is -0.204. The van der Waals surface area contributed by atoms with Crippen LogP contribution in [0.3, 0.4) is 0 Å². The maximum atomic E-state index is 13.1. The molecule has 1 aromatic carbocycles. The molecule has 1 aromatic heterocycles. The molecule has 0 amide bonds. The zero-order chi connectivity index (χ0) is 14.7. The fraction of sp³-hybridized carbons (Fsp3) is 0.0833. The quantitative estimate of drug-likeness (QED) is 0.657. The zero-order valence-corrected chi connectivity index (χ0v) is 10.5. The van der Waals surface area contributed by atoms with Crippen LogP contribution in [0, 0.1) is 15.9 Å². The van der Waals surface area contributed by atoms with Gasteiger partial charge in [0.1, 0.15) is 17.4 Å². The third-order valence-electron chi connectivity index (χ3n) is 2.51. The number of anilines is 3. The van der Waals surface area contributed by atoms with Crippen molar-refractivity contribution in [1.29, 1.82) is 0 Å². The maximum absolute atomic E-state index is 13.1. The van der Waals surface area contributed by atoms with E-state index in [0.717, 1.165) is 6.07 Å². The smallest absolute Gasteiger partial charge is 0.311 e. The Morgan fingerprint density at radius 3 is 2.80 bits per heavy atom. The average molecular weight is 278 g/mol. The summed E-state index contributed by atoms with van der Waals surface area (Å²) in [4.78, 5) is 14.2. The van der Waals surface area contributed by atoms with E-state index in [4.69, 9.17) is 10.5 Å². The van der Waals surface area contributed by atoms with E-state index >= 15 is 0 Å². The van der Waals surface area contributed by atoms with E-state index in [0.29, 0.717) is 5.69 Å². The van der Waals surface area contributed by atoms with Gasteiger partial charge in [-0.2, -0.15) is 0 Å². The Balaban J connectivity index is 2.44. The van der Waals surface area contributed by atoms with Gasteiger partial charge in [-0.15, -0.1) is 0 Å². The number of nitro groups is 1. The lowest BCUT2D eigenvalue weighted by molar-refractivity contribution is -0.384. The van der Waals surface area contributed by atoms with Gasteiger partial charge in [-0.3, -0.25) is 10.1 Å². The van der Waals surface area contributed by atoms with Crippen LogP contribution in [-0.2, 0) is 0 Å². The number of benzene rings is 1. The standard InChI is InChI=1S/C12H11FN4O3/c1-20-10-6-7(13)2-3-8(10)15-12-9(17(18)19)4-5-11(14)16-12/h2-6H,1H3,(H3,14,15,16). The predicted molar refractivity (Wildman–Crippen MR) is 71.5 cm³/mol. The van der Waals surface area contributed by atoms with E-state index in [1.807, 2.05) is 0 Å². The van der Waals surface area contributed by atoms with Crippen LogP contribution in [0.5, 0.6) is 5.75 Å². The number of nitrogen functional groups attached to an aromatic ring is 1. The van der Waals surface area contributed by atoms with Crippen LogP contribution in [0.1, 0.15) is 0 Å². The van der Waals surface area contributed by atoms with Gasteiger partial charge in [0.2, 0.25) is 5.82 Å². The minimum Gasteiger partial charge on any atom is -0.494 e. The number of hydrogen-bond donors (Lipinski definition) is 2.